The van der Waals surface area contributed by atoms with Gasteiger partial charge in [0.1, 0.15) is 17.2 Å². The van der Waals surface area contributed by atoms with Gasteiger partial charge < -0.3 is 10.1 Å². The summed E-state index contributed by atoms with van der Waals surface area (Å²) in [7, 11) is 0. The summed E-state index contributed by atoms with van der Waals surface area (Å²) in [5, 5.41) is 5.39. The SMILES string of the molecule is Cc1nc(-c2cccc(NC(=O)COC(=O)c3c(F)cccc3F)c2)cs1. The lowest BCUT2D eigenvalue weighted by molar-refractivity contribution is -0.119. The first-order chi connectivity index (χ1) is 12.9. The maximum Gasteiger partial charge on any atom is 0.344 e. The largest absolute Gasteiger partial charge is 0.452 e. The molecule has 2 aromatic carbocycles. The van der Waals surface area contributed by atoms with Crippen LogP contribution in [0, 0.1) is 18.6 Å². The number of benzene rings is 2. The second-order valence-corrected chi connectivity index (χ2v) is 6.62. The molecule has 0 fully saturated rings. The minimum Gasteiger partial charge on any atom is -0.452 e. The molecule has 5 nitrogen and oxygen atoms in total. The van der Waals surface area contributed by atoms with Crippen LogP contribution in [0.5, 0.6) is 0 Å². The Balaban J connectivity index is 1.62. The highest BCUT2D eigenvalue weighted by Crippen LogP contribution is 2.24. The molecule has 8 heteroatoms. The molecule has 1 aromatic heterocycles. The summed E-state index contributed by atoms with van der Waals surface area (Å²) in [6, 6.07) is 10.00. The fourth-order valence-corrected chi connectivity index (χ4v) is 2.97. The number of anilines is 1. The Kier molecular flexibility index (Phi) is 5.56. The Morgan fingerprint density at radius 3 is 2.52 bits per heavy atom. The number of carbonyl (C=O) groups excluding carboxylic acids is 2. The lowest BCUT2D eigenvalue weighted by Gasteiger charge is -2.08. The van der Waals surface area contributed by atoms with Gasteiger partial charge in [-0.1, -0.05) is 18.2 Å². The number of thiazole rings is 1. The van der Waals surface area contributed by atoms with Gasteiger partial charge in [0.2, 0.25) is 0 Å². The monoisotopic (exact) mass is 388 g/mol. The molecule has 0 atom stereocenters. The molecule has 0 aliphatic carbocycles. The number of nitrogens with one attached hydrogen (secondary N) is 1. The molecule has 138 valence electrons. The maximum absolute atomic E-state index is 13.5. The van der Waals surface area contributed by atoms with Crippen LogP contribution < -0.4 is 5.32 Å². The molecule has 0 spiro atoms. The van der Waals surface area contributed by atoms with Gasteiger partial charge in [0.15, 0.2) is 6.61 Å². The molecule has 0 unspecified atom stereocenters. The van der Waals surface area contributed by atoms with Gasteiger partial charge in [0.05, 0.1) is 10.7 Å². The van der Waals surface area contributed by atoms with Gasteiger partial charge in [0.25, 0.3) is 5.91 Å². The smallest absolute Gasteiger partial charge is 0.344 e. The fraction of sp³-hybridized carbons (Fsp3) is 0.105. The first-order valence-electron chi connectivity index (χ1n) is 7.87. The van der Waals surface area contributed by atoms with Crippen molar-refractivity contribution < 1.29 is 23.1 Å². The van der Waals surface area contributed by atoms with E-state index in [9.17, 15) is 18.4 Å². The number of rotatable bonds is 5. The minimum absolute atomic E-state index is 0.483. The van der Waals surface area contributed by atoms with Crippen LogP contribution >= 0.6 is 11.3 Å². The number of aryl methyl sites for hydroxylation is 1. The molecule has 0 saturated carbocycles. The number of hydrogen-bond acceptors (Lipinski definition) is 5. The topological polar surface area (TPSA) is 68.3 Å². The van der Waals surface area contributed by atoms with Crippen molar-refractivity contribution in [3.8, 4) is 11.3 Å². The number of halogens is 2. The molecule has 1 N–H and O–H groups in total. The van der Waals surface area contributed by atoms with Crippen LogP contribution in [0.25, 0.3) is 11.3 Å². The van der Waals surface area contributed by atoms with Crippen molar-refractivity contribution in [2.75, 3.05) is 11.9 Å². The maximum atomic E-state index is 13.5. The zero-order valence-electron chi connectivity index (χ0n) is 14.2. The molecule has 3 aromatic rings. The molecule has 0 aliphatic rings. The van der Waals surface area contributed by atoms with Crippen LogP contribution in [0.2, 0.25) is 0 Å². The average Bonchev–Trinajstić information content (AvgIpc) is 3.06. The van der Waals surface area contributed by atoms with Gasteiger partial charge in [-0.15, -0.1) is 11.3 Å². The van der Waals surface area contributed by atoms with E-state index in [0.29, 0.717) is 5.69 Å². The van der Waals surface area contributed by atoms with Gasteiger partial charge in [-0.3, -0.25) is 4.79 Å². The van der Waals surface area contributed by atoms with E-state index in [1.807, 2.05) is 18.4 Å². The van der Waals surface area contributed by atoms with E-state index in [1.54, 1.807) is 18.2 Å². The van der Waals surface area contributed by atoms with Crippen molar-refractivity contribution in [3.63, 3.8) is 0 Å². The number of amides is 1. The summed E-state index contributed by atoms with van der Waals surface area (Å²) >= 11 is 1.51. The van der Waals surface area contributed by atoms with Crippen LogP contribution in [0.3, 0.4) is 0 Å². The number of aromatic nitrogens is 1. The molecular formula is C19H14F2N2O3S. The molecule has 0 saturated heterocycles. The Bertz CT molecular complexity index is 984. The van der Waals surface area contributed by atoms with E-state index >= 15 is 0 Å². The Morgan fingerprint density at radius 2 is 1.85 bits per heavy atom. The molecular weight excluding hydrogens is 374 g/mol. The van der Waals surface area contributed by atoms with Crippen molar-refractivity contribution in [3.05, 3.63) is 70.1 Å². The van der Waals surface area contributed by atoms with Crippen molar-refractivity contribution in [1.29, 1.82) is 0 Å². The van der Waals surface area contributed by atoms with Crippen LogP contribution in [-0.4, -0.2) is 23.5 Å². The molecule has 1 amide bonds. The molecule has 0 aliphatic heterocycles. The highest BCUT2D eigenvalue weighted by molar-refractivity contribution is 7.09. The zero-order chi connectivity index (χ0) is 19.4. The molecule has 0 bridgehead atoms. The number of nitrogens with zero attached hydrogens (tertiary/aromatic N) is 1. The van der Waals surface area contributed by atoms with Crippen LogP contribution in [0.15, 0.2) is 47.8 Å². The lowest BCUT2D eigenvalue weighted by atomic mass is 10.1. The Morgan fingerprint density at radius 1 is 1.15 bits per heavy atom. The van der Waals surface area contributed by atoms with E-state index in [2.05, 4.69) is 10.3 Å². The fourth-order valence-electron chi connectivity index (χ4n) is 2.35. The zero-order valence-corrected chi connectivity index (χ0v) is 15.0. The van der Waals surface area contributed by atoms with Crippen LogP contribution in [-0.2, 0) is 9.53 Å². The Hall–Kier alpha value is -3.13. The summed E-state index contributed by atoms with van der Waals surface area (Å²) in [6.07, 6.45) is 0. The Labute approximate surface area is 157 Å². The highest BCUT2D eigenvalue weighted by Gasteiger charge is 2.19. The molecule has 3 rings (SSSR count). The van der Waals surface area contributed by atoms with Crippen molar-refractivity contribution in [1.82, 2.24) is 4.98 Å². The summed E-state index contributed by atoms with van der Waals surface area (Å²) < 4.78 is 31.8. The first-order valence-corrected chi connectivity index (χ1v) is 8.75. The van der Waals surface area contributed by atoms with Gasteiger partial charge in [-0.25, -0.2) is 18.6 Å². The normalized spacial score (nSPS) is 10.5. The third-order valence-corrected chi connectivity index (χ3v) is 4.34. The first kappa shape index (κ1) is 18.7. The van der Waals surface area contributed by atoms with Gasteiger partial charge in [-0.05, 0) is 31.2 Å². The second kappa shape index (κ2) is 8.05. The minimum atomic E-state index is -1.24. The third kappa shape index (κ3) is 4.53. The number of esters is 1. The summed E-state index contributed by atoms with van der Waals surface area (Å²) in [6.45, 7) is 1.22. The van der Waals surface area contributed by atoms with E-state index in [4.69, 9.17) is 4.74 Å². The summed E-state index contributed by atoms with van der Waals surface area (Å²) in [5.74, 6) is -3.97. The second-order valence-electron chi connectivity index (χ2n) is 5.55. The summed E-state index contributed by atoms with van der Waals surface area (Å²) in [5.41, 5.74) is 1.26. The number of ether oxygens (including phenoxy) is 1. The predicted molar refractivity (Wildman–Crippen MR) is 97.6 cm³/mol. The van der Waals surface area contributed by atoms with Crippen molar-refractivity contribution >= 4 is 28.9 Å². The molecule has 27 heavy (non-hydrogen) atoms. The van der Waals surface area contributed by atoms with Gasteiger partial charge >= 0.3 is 5.97 Å². The van der Waals surface area contributed by atoms with Crippen LogP contribution in [0.1, 0.15) is 15.4 Å². The lowest BCUT2D eigenvalue weighted by Crippen LogP contribution is -2.22. The van der Waals surface area contributed by atoms with Crippen LogP contribution in [0.4, 0.5) is 14.5 Å². The number of hydrogen-bond donors (Lipinski definition) is 1. The van der Waals surface area contributed by atoms with E-state index in [0.717, 1.165) is 34.5 Å². The van der Waals surface area contributed by atoms with Gasteiger partial charge in [0, 0.05) is 16.6 Å². The average molecular weight is 388 g/mol. The van der Waals surface area contributed by atoms with Gasteiger partial charge in [-0.2, -0.15) is 0 Å². The quantitative estimate of drug-likeness (QED) is 0.666. The van der Waals surface area contributed by atoms with E-state index in [1.165, 1.54) is 11.3 Å². The molecule has 1 heterocycles. The van der Waals surface area contributed by atoms with Crippen molar-refractivity contribution in [2.45, 2.75) is 6.92 Å². The highest BCUT2D eigenvalue weighted by atomic mass is 32.1. The van der Waals surface area contributed by atoms with Crippen molar-refractivity contribution in [2.24, 2.45) is 0 Å². The van der Waals surface area contributed by atoms with E-state index < -0.39 is 35.7 Å². The number of carbonyl (C=O) groups is 2. The third-order valence-electron chi connectivity index (χ3n) is 3.56. The molecule has 0 radical (unpaired) electrons. The summed E-state index contributed by atoms with van der Waals surface area (Å²) in [4.78, 5) is 28.2. The standard InChI is InChI=1S/C19H14F2N2O3S/c1-11-22-16(10-27-11)12-4-2-5-13(8-12)23-17(24)9-26-19(25)18-14(20)6-3-7-15(18)21/h2-8,10H,9H2,1H3,(H,23,24). The predicted octanol–water partition coefficient (Wildman–Crippen LogP) is 4.19. The van der Waals surface area contributed by atoms with E-state index in [-0.39, 0.29) is 0 Å².